The maximum atomic E-state index is 13.3. The van der Waals surface area contributed by atoms with Crippen LogP contribution in [0.3, 0.4) is 0 Å². The lowest BCUT2D eigenvalue weighted by molar-refractivity contribution is 0.604. The van der Waals surface area contributed by atoms with Crippen LogP contribution in [0.15, 0.2) is 66.4 Å². The van der Waals surface area contributed by atoms with Gasteiger partial charge in [0.1, 0.15) is 11.6 Å². The Morgan fingerprint density at radius 1 is 1.19 bits per heavy atom. The van der Waals surface area contributed by atoms with Gasteiger partial charge >= 0.3 is 0 Å². The number of halogens is 1. The molecule has 0 aliphatic carbocycles. The summed E-state index contributed by atoms with van der Waals surface area (Å²) in [7, 11) is 0. The van der Waals surface area contributed by atoms with E-state index in [2.05, 4.69) is 27.0 Å². The minimum absolute atomic E-state index is 0.145. The molecule has 0 aliphatic rings. The van der Waals surface area contributed by atoms with Crippen molar-refractivity contribution in [2.75, 3.05) is 11.9 Å². The zero-order chi connectivity index (χ0) is 18.4. The molecular formula is C19H18FN5O. The Kier molecular flexibility index (Phi) is 5.48. The van der Waals surface area contributed by atoms with E-state index >= 15 is 0 Å². The van der Waals surface area contributed by atoms with Gasteiger partial charge < -0.3 is 5.32 Å². The van der Waals surface area contributed by atoms with Crippen LogP contribution >= 0.6 is 0 Å². The average molecular weight is 351 g/mol. The summed E-state index contributed by atoms with van der Waals surface area (Å²) in [6.45, 7) is 4.58. The van der Waals surface area contributed by atoms with E-state index in [1.165, 1.54) is 23.0 Å². The fourth-order valence-electron chi connectivity index (χ4n) is 2.38. The minimum atomic E-state index is -0.449. The van der Waals surface area contributed by atoms with Gasteiger partial charge in [0, 0.05) is 30.6 Å². The molecule has 3 aromatic heterocycles. The van der Waals surface area contributed by atoms with E-state index in [-0.39, 0.29) is 12.1 Å². The van der Waals surface area contributed by atoms with Crippen molar-refractivity contribution in [2.24, 2.45) is 0 Å². The van der Waals surface area contributed by atoms with Crippen LogP contribution in [-0.2, 0) is 6.54 Å². The van der Waals surface area contributed by atoms with Crippen molar-refractivity contribution >= 4 is 5.82 Å². The molecule has 0 saturated carbocycles. The molecule has 3 rings (SSSR count). The predicted octanol–water partition coefficient (Wildman–Crippen LogP) is 2.88. The van der Waals surface area contributed by atoms with E-state index in [4.69, 9.17) is 0 Å². The van der Waals surface area contributed by atoms with E-state index in [1.807, 2.05) is 18.2 Å². The molecule has 3 heterocycles. The van der Waals surface area contributed by atoms with Crippen LogP contribution in [0.1, 0.15) is 12.0 Å². The smallest absolute Gasteiger partial charge is 0.267 e. The van der Waals surface area contributed by atoms with E-state index in [9.17, 15) is 9.18 Å². The van der Waals surface area contributed by atoms with Gasteiger partial charge in [0.2, 0.25) is 0 Å². The molecule has 0 amide bonds. The van der Waals surface area contributed by atoms with Crippen LogP contribution in [0.25, 0.3) is 11.3 Å². The summed E-state index contributed by atoms with van der Waals surface area (Å²) >= 11 is 0. The summed E-state index contributed by atoms with van der Waals surface area (Å²) in [5, 5.41) is 7.54. The van der Waals surface area contributed by atoms with Crippen LogP contribution in [-0.4, -0.2) is 26.3 Å². The first-order valence-corrected chi connectivity index (χ1v) is 8.14. The molecule has 0 spiro atoms. The third kappa shape index (κ3) is 4.38. The van der Waals surface area contributed by atoms with Crippen LogP contribution in [0.5, 0.6) is 0 Å². The van der Waals surface area contributed by atoms with Gasteiger partial charge in [0.05, 0.1) is 18.4 Å². The number of pyridine rings is 2. The Hall–Kier alpha value is -3.35. The van der Waals surface area contributed by atoms with Gasteiger partial charge in [-0.05, 0) is 36.2 Å². The number of hydrogen-bond acceptors (Lipinski definition) is 5. The third-order valence-corrected chi connectivity index (χ3v) is 3.67. The standard InChI is InChI=1S/C19H18FN5O/c1-2-3-8-22-18-6-4-15(11-23-18)17-5-7-19(26)25(24-17)13-14-9-16(20)12-21-10-14/h2,4-7,9-12H,1,3,8,13H2,(H,22,23). The van der Waals surface area contributed by atoms with E-state index < -0.39 is 5.82 Å². The zero-order valence-corrected chi connectivity index (χ0v) is 14.1. The van der Waals surface area contributed by atoms with Crippen molar-refractivity contribution in [3.8, 4) is 11.3 Å². The Morgan fingerprint density at radius 2 is 2.08 bits per heavy atom. The van der Waals surface area contributed by atoms with Gasteiger partial charge in [-0.1, -0.05) is 6.08 Å². The predicted molar refractivity (Wildman–Crippen MR) is 98.3 cm³/mol. The second-order valence-corrected chi connectivity index (χ2v) is 5.66. The molecular weight excluding hydrogens is 333 g/mol. The first kappa shape index (κ1) is 17.5. The van der Waals surface area contributed by atoms with Gasteiger partial charge in [-0.15, -0.1) is 6.58 Å². The lowest BCUT2D eigenvalue weighted by atomic mass is 10.2. The van der Waals surface area contributed by atoms with E-state index in [1.54, 1.807) is 12.3 Å². The lowest BCUT2D eigenvalue weighted by Crippen LogP contribution is -2.23. The molecule has 132 valence electrons. The minimum Gasteiger partial charge on any atom is -0.370 e. The number of rotatable bonds is 7. The van der Waals surface area contributed by atoms with Gasteiger partial charge in [-0.2, -0.15) is 5.10 Å². The Bertz CT molecular complexity index is 953. The fourth-order valence-corrected chi connectivity index (χ4v) is 2.38. The van der Waals surface area contributed by atoms with Crippen molar-refractivity contribution in [2.45, 2.75) is 13.0 Å². The second-order valence-electron chi connectivity index (χ2n) is 5.66. The van der Waals surface area contributed by atoms with E-state index in [0.717, 1.165) is 30.5 Å². The highest BCUT2D eigenvalue weighted by molar-refractivity contribution is 5.58. The Labute approximate surface area is 150 Å². The van der Waals surface area contributed by atoms with Crippen molar-refractivity contribution in [1.29, 1.82) is 0 Å². The topological polar surface area (TPSA) is 72.7 Å². The SMILES string of the molecule is C=CCCNc1ccc(-c2ccc(=O)n(Cc3cncc(F)c3)n2)cn1. The summed E-state index contributed by atoms with van der Waals surface area (Å²) in [4.78, 5) is 20.2. The Morgan fingerprint density at radius 3 is 2.81 bits per heavy atom. The molecule has 0 radical (unpaired) electrons. The number of nitrogens with zero attached hydrogens (tertiary/aromatic N) is 4. The highest BCUT2D eigenvalue weighted by atomic mass is 19.1. The number of aromatic nitrogens is 4. The van der Waals surface area contributed by atoms with Crippen molar-refractivity contribution in [3.05, 3.63) is 83.3 Å². The highest BCUT2D eigenvalue weighted by Crippen LogP contribution is 2.16. The second kappa shape index (κ2) is 8.15. The van der Waals surface area contributed by atoms with Crippen LogP contribution in [0.2, 0.25) is 0 Å². The molecule has 0 bridgehead atoms. The molecule has 3 aromatic rings. The lowest BCUT2D eigenvalue weighted by Gasteiger charge is -2.08. The van der Waals surface area contributed by atoms with E-state index in [0.29, 0.717) is 11.3 Å². The van der Waals surface area contributed by atoms with Crippen LogP contribution in [0, 0.1) is 5.82 Å². The van der Waals surface area contributed by atoms with Gasteiger partial charge in [0.15, 0.2) is 0 Å². The largest absolute Gasteiger partial charge is 0.370 e. The first-order chi connectivity index (χ1) is 12.7. The molecule has 7 heteroatoms. The van der Waals surface area contributed by atoms with Crippen LogP contribution in [0.4, 0.5) is 10.2 Å². The first-order valence-electron chi connectivity index (χ1n) is 8.14. The highest BCUT2D eigenvalue weighted by Gasteiger charge is 2.06. The number of nitrogens with one attached hydrogen (secondary N) is 1. The van der Waals surface area contributed by atoms with Gasteiger partial charge in [-0.3, -0.25) is 9.78 Å². The summed E-state index contributed by atoms with van der Waals surface area (Å²) in [5.74, 6) is 0.310. The molecule has 1 N–H and O–H groups in total. The van der Waals surface area contributed by atoms with Gasteiger partial charge in [0.25, 0.3) is 5.56 Å². The van der Waals surface area contributed by atoms with Crippen molar-refractivity contribution < 1.29 is 4.39 Å². The molecule has 0 fully saturated rings. The summed E-state index contributed by atoms with van der Waals surface area (Å²) in [6.07, 6.45) is 7.01. The zero-order valence-electron chi connectivity index (χ0n) is 14.1. The van der Waals surface area contributed by atoms with Gasteiger partial charge in [-0.25, -0.2) is 14.1 Å². The monoisotopic (exact) mass is 351 g/mol. The molecule has 0 aliphatic heterocycles. The number of hydrogen-bond donors (Lipinski definition) is 1. The Balaban J connectivity index is 1.80. The summed E-state index contributed by atoms with van der Waals surface area (Å²) < 4.78 is 14.6. The summed E-state index contributed by atoms with van der Waals surface area (Å²) in [5.41, 5.74) is 1.69. The van der Waals surface area contributed by atoms with Crippen LogP contribution < -0.4 is 10.9 Å². The fraction of sp³-hybridized carbons (Fsp3) is 0.158. The molecule has 0 unspecified atom stereocenters. The molecule has 6 nitrogen and oxygen atoms in total. The maximum absolute atomic E-state index is 13.3. The normalized spacial score (nSPS) is 10.5. The molecule has 0 aromatic carbocycles. The third-order valence-electron chi connectivity index (χ3n) is 3.67. The number of anilines is 1. The molecule has 26 heavy (non-hydrogen) atoms. The van der Waals surface area contributed by atoms with Crippen molar-refractivity contribution in [1.82, 2.24) is 19.7 Å². The maximum Gasteiger partial charge on any atom is 0.267 e. The van der Waals surface area contributed by atoms with Crippen molar-refractivity contribution in [3.63, 3.8) is 0 Å². The molecule has 0 saturated heterocycles. The average Bonchev–Trinajstić information content (AvgIpc) is 2.64. The quantitative estimate of drug-likeness (QED) is 0.523. The summed E-state index contributed by atoms with van der Waals surface area (Å²) in [6, 6.07) is 8.14. The molecule has 0 atom stereocenters.